The maximum absolute atomic E-state index is 12.1. The zero-order valence-electron chi connectivity index (χ0n) is 13.9. The molecule has 7 heteroatoms. The van der Waals surface area contributed by atoms with Crippen molar-refractivity contribution in [3.63, 3.8) is 0 Å². The Balaban J connectivity index is 1.95. The van der Waals surface area contributed by atoms with Crippen LogP contribution in [-0.4, -0.2) is 35.7 Å². The third kappa shape index (κ3) is 4.96. The summed E-state index contributed by atoms with van der Waals surface area (Å²) in [7, 11) is 0. The molecule has 0 unspecified atom stereocenters. The monoisotopic (exact) mass is 351 g/mol. The number of nitrogens with one attached hydrogen (secondary N) is 2. The Hall–Kier alpha value is -2.08. The minimum Gasteiger partial charge on any atom is -0.333 e. The highest BCUT2D eigenvalue weighted by molar-refractivity contribution is 6.34. The van der Waals surface area contributed by atoms with Gasteiger partial charge in [-0.3, -0.25) is 14.4 Å². The standard InChI is InChI=1S/C17H22ClN3O3/c1-11(2)17(24)20-14-7-6-12(9-13(14)18)19-15(22)10-21-8-4-3-5-16(21)23/h6-7,9,11H,3-5,8,10H2,1-2H3,(H,19,22)(H,20,24). The van der Waals surface area contributed by atoms with Crippen LogP contribution in [0, 0.1) is 5.92 Å². The van der Waals surface area contributed by atoms with E-state index < -0.39 is 0 Å². The Kier molecular flexibility index (Phi) is 6.20. The molecule has 1 fully saturated rings. The lowest BCUT2D eigenvalue weighted by Gasteiger charge is -2.26. The molecule has 130 valence electrons. The van der Waals surface area contributed by atoms with Crippen LogP contribution in [0.3, 0.4) is 0 Å². The van der Waals surface area contributed by atoms with Gasteiger partial charge in [-0.25, -0.2) is 0 Å². The van der Waals surface area contributed by atoms with E-state index in [9.17, 15) is 14.4 Å². The van der Waals surface area contributed by atoms with E-state index in [1.807, 2.05) is 0 Å². The minimum atomic E-state index is -0.264. The number of anilines is 2. The smallest absolute Gasteiger partial charge is 0.243 e. The van der Waals surface area contributed by atoms with Gasteiger partial charge in [-0.05, 0) is 31.0 Å². The van der Waals surface area contributed by atoms with Crippen molar-refractivity contribution in [2.45, 2.75) is 33.1 Å². The summed E-state index contributed by atoms with van der Waals surface area (Å²) in [5.74, 6) is -0.527. The fraction of sp³-hybridized carbons (Fsp3) is 0.471. The van der Waals surface area contributed by atoms with Gasteiger partial charge in [0.05, 0.1) is 17.3 Å². The van der Waals surface area contributed by atoms with E-state index in [2.05, 4.69) is 10.6 Å². The molecule has 0 saturated carbocycles. The molecule has 0 spiro atoms. The molecule has 1 aliphatic rings. The maximum Gasteiger partial charge on any atom is 0.243 e. The average Bonchev–Trinajstić information content (AvgIpc) is 2.52. The van der Waals surface area contributed by atoms with Crippen molar-refractivity contribution in [1.29, 1.82) is 0 Å². The van der Waals surface area contributed by atoms with E-state index >= 15 is 0 Å². The fourth-order valence-corrected chi connectivity index (χ4v) is 2.60. The Morgan fingerprint density at radius 3 is 2.62 bits per heavy atom. The number of carbonyl (C=O) groups is 3. The quantitative estimate of drug-likeness (QED) is 0.856. The van der Waals surface area contributed by atoms with Gasteiger partial charge in [-0.2, -0.15) is 0 Å². The van der Waals surface area contributed by atoms with Crippen LogP contribution in [0.5, 0.6) is 0 Å². The van der Waals surface area contributed by atoms with E-state index in [0.29, 0.717) is 29.4 Å². The van der Waals surface area contributed by atoms with Crippen LogP contribution in [0.15, 0.2) is 18.2 Å². The minimum absolute atomic E-state index is 0.0150. The number of amides is 3. The zero-order valence-corrected chi connectivity index (χ0v) is 14.7. The Labute approximate surface area is 146 Å². The highest BCUT2D eigenvalue weighted by atomic mass is 35.5. The van der Waals surface area contributed by atoms with Gasteiger partial charge >= 0.3 is 0 Å². The van der Waals surface area contributed by atoms with Crippen molar-refractivity contribution < 1.29 is 14.4 Å². The molecule has 0 radical (unpaired) electrons. The normalized spacial score (nSPS) is 14.7. The van der Waals surface area contributed by atoms with E-state index in [1.165, 1.54) is 0 Å². The molecule has 1 aliphatic heterocycles. The van der Waals surface area contributed by atoms with Crippen molar-refractivity contribution >= 4 is 40.7 Å². The molecule has 2 rings (SSSR count). The lowest BCUT2D eigenvalue weighted by atomic mass is 10.1. The summed E-state index contributed by atoms with van der Waals surface area (Å²) in [4.78, 5) is 37.1. The number of likely N-dealkylation sites (tertiary alicyclic amines) is 1. The SMILES string of the molecule is CC(C)C(=O)Nc1ccc(NC(=O)CN2CCCCC2=O)cc1Cl. The first-order valence-electron chi connectivity index (χ1n) is 8.05. The zero-order chi connectivity index (χ0) is 17.7. The second-order valence-electron chi connectivity index (χ2n) is 6.16. The van der Waals surface area contributed by atoms with Crippen molar-refractivity contribution in [2.24, 2.45) is 5.92 Å². The predicted octanol–water partition coefficient (Wildman–Crippen LogP) is 2.89. The lowest BCUT2D eigenvalue weighted by molar-refractivity contribution is -0.136. The van der Waals surface area contributed by atoms with Crippen LogP contribution >= 0.6 is 11.6 Å². The van der Waals surface area contributed by atoms with Gasteiger partial charge in [0.25, 0.3) is 0 Å². The first-order chi connectivity index (χ1) is 11.4. The maximum atomic E-state index is 12.1. The van der Waals surface area contributed by atoms with Gasteiger partial charge in [0, 0.05) is 24.6 Å². The highest BCUT2D eigenvalue weighted by Gasteiger charge is 2.20. The number of halogens is 1. The predicted molar refractivity (Wildman–Crippen MR) is 94.0 cm³/mol. The summed E-state index contributed by atoms with van der Waals surface area (Å²) in [5, 5.41) is 5.79. The molecule has 24 heavy (non-hydrogen) atoms. The van der Waals surface area contributed by atoms with Crippen LogP contribution in [-0.2, 0) is 14.4 Å². The third-order valence-electron chi connectivity index (χ3n) is 3.79. The van der Waals surface area contributed by atoms with Crippen LogP contribution in [0.25, 0.3) is 0 Å². The molecule has 0 aliphatic carbocycles. The van der Waals surface area contributed by atoms with Crippen molar-refractivity contribution in [3.8, 4) is 0 Å². The van der Waals surface area contributed by atoms with Gasteiger partial charge in [-0.15, -0.1) is 0 Å². The second-order valence-corrected chi connectivity index (χ2v) is 6.57. The number of hydrogen-bond donors (Lipinski definition) is 2. The number of carbonyl (C=O) groups excluding carboxylic acids is 3. The molecular weight excluding hydrogens is 330 g/mol. The molecule has 1 aromatic carbocycles. The van der Waals surface area contributed by atoms with Gasteiger partial charge in [0.1, 0.15) is 0 Å². The molecule has 1 saturated heterocycles. The summed E-state index contributed by atoms with van der Waals surface area (Å²) in [6, 6.07) is 4.88. The Morgan fingerprint density at radius 2 is 2.00 bits per heavy atom. The summed E-state index contributed by atoms with van der Waals surface area (Å²) in [6.07, 6.45) is 2.31. The summed E-state index contributed by atoms with van der Waals surface area (Å²) < 4.78 is 0. The first kappa shape index (κ1) is 18.3. The number of piperidine rings is 1. The molecule has 6 nitrogen and oxygen atoms in total. The van der Waals surface area contributed by atoms with Crippen LogP contribution in [0.2, 0.25) is 5.02 Å². The Bertz CT molecular complexity index is 646. The molecule has 1 heterocycles. The molecular formula is C17H22ClN3O3. The largest absolute Gasteiger partial charge is 0.333 e. The number of rotatable bonds is 5. The topological polar surface area (TPSA) is 78.5 Å². The van der Waals surface area contributed by atoms with Crippen molar-refractivity contribution in [3.05, 3.63) is 23.2 Å². The van der Waals surface area contributed by atoms with Gasteiger partial charge < -0.3 is 15.5 Å². The van der Waals surface area contributed by atoms with Gasteiger partial charge in [0.15, 0.2) is 0 Å². The second kappa shape index (κ2) is 8.15. The average molecular weight is 352 g/mol. The third-order valence-corrected chi connectivity index (χ3v) is 4.10. The van der Waals surface area contributed by atoms with Crippen LogP contribution in [0.1, 0.15) is 33.1 Å². The number of benzene rings is 1. The fourth-order valence-electron chi connectivity index (χ4n) is 2.37. The number of nitrogens with zero attached hydrogens (tertiary/aromatic N) is 1. The number of hydrogen-bond acceptors (Lipinski definition) is 3. The van der Waals surface area contributed by atoms with E-state index in [4.69, 9.17) is 11.6 Å². The van der Waals surface area contributed by atoms with E-state index in [-0.39, 0.29) is 30.2 Å². The highest BCUT2D eigenvalue weighted by Crippen LogP contribution is 2.26. The van der Waals surface area contributed by atoms with Gasteiger partial charge in [0.2, 0.25) is 17.7 Å². The van der Waals surface area contributed by atoms with Crippen molar-refractivity contribution in [2.75, 3.05) is 23.7 Å². The molecule has 1 aromatic rings. The van der Waals surface area contributed by atoms with Crippen molar-refractivity contribution in [1.82, 2.24) is 4.90 Å². The molecule has 2 N–H and O–H groups in total. The van der Waals surface area contributed by atoms with Crippen LogP contribution in [0.4, 0.5) is 11.4 Å². The molecule has 3 amide bonds. The Morgan fingerprint density at radius 1 is 1.25 bits per heavy atom. The molecule has 0 aromatic heterocycles. The summed E-state index contributed by atoms with van der Waals surface area (Å²) in [5.41, 5.74) is 1.02. The first-order valence-corrected chi connectivity index (χ1v) is 8.42. The van der Waals surface area contributed by atoms with E-state index in [1.54, 1.807) is 36.9 Å². The molecule has 0 bridgehead atoms. The van der Waals surface area contributed by atoms with E-state index in [0.717, 1.165) is 12.8 Å². The summed E-state index contributed by atoms with van der Waals surface area (Å²) >= 11 is 6.15. The van der Waals surface area contributed by atoms with Gasteiger partial charge in [-0.1, -0.05) is 25.4 Å². The molecule has 0 atom stereocenters. The van der Waals surface area contributed by atoms with Crippen LogP contribution < -0.4 is 10.6 Å². The summed E-state index contributed by atoms with van der Waals surface area (Å²) in [6.45, 7) is 4.24. The lowest BCUT2D eigenvalue weighted by Crippen LogP contribution is -2.40.